The SMILES string of the molecule is Cc1ccc2c(N3CCC(C)CC3)nc(-c3cccc(F)c3F)nc2c1. The second kappa shape index (κ2) is 6.63. The Labute approximate surface area is 151 Å². The zero-order chi connectivity index (χ0) is 18.3. The summed E-state index contributed by atoms with van der Waals surface area (Å²) in [5.41, 5.74) is 1.92. The van der Waals surface area contributed by atoms with Crippen LogP contribution in [0.5, 0.6) is 0 Å². The van der Waals surface area contributed by atoms with Gasteiger partial charge in [0.05, 0.1) is 11.1 Å². The third-order valence-corrected chi connectivity index (χ3v) is 5.11. The zero-order valence-corrected chi connectivity index (χ0v) is 15.0. The van der Waals surface area contributed by atoms with Gasteiger partial charge >= 0.3 is 0 Å². The molecule has 0 aliphatic carbocycles. The maximum Gasteiger partial charge on any atom is 0.169 e. The summed E-state index contributed by atoms with van der Waals surface area (Å²) in [6.07, 6.45) is 2.20. The molecule has 134 valence electrons. The summed E-state index contributed by atoms with van der Waals surface area (Å²) in [6.45, 7) is 6.07. The predicted molar refractivity (Wildman–Crippen MR) is 100 cm³/mol. The van der Waals surface area contributed by atoms with Gasteiger partial charge in [0.25, 0.3) is 0 Å². The van der Waals surface area contributed by atoms with Gasteiger partial charge in [-0.15, -0.1) is 0 Å². The Morgan fingerprint density at radius 1 is 1.04 bits per heavy atom. The molecule has 1 aromatic heterocycles. The van der Waals surface area contributed by atoms with E-state index in [1.165, 1.54) is 12.1 Å². The van der Waals surface area contributed by atoms with Crippen molar-refractivity contribution in [2.75, 3.05) is 18.0 Å². The molecule has 0 bridgehead atoms. The van der Waals surface area contributed by atoms with Crippen molar-refractivity contribution in [3.63, 3.8) is 0 Å². The Kier molecular flexibility index (Phi) is 4.31. The number of halogens is 2. The second-order valence-corrected chi connectivity index (χ2v) is 7.16. The van der Waals surface area contributed by atoms with Crippen LogP contribution in [-0.4, -0.2) is 23.1 Å². The van der Waals surface area contributed by atoms with Crippen molar-refractivity contribution in [3.8, 4) is 11.4 Å². The highest BCUT2D eigenvalue weighted by molar-refractivity contribution is 5.91. The molecular weight excluding hydrogens is 332 g/mol. The van der Waals surface area contributed by atoms with Crippen molar-refractivity contribution >= 4 is 16.7 Å². The van der Waals surface area contributed by atoms with Gasteiger partial charge in [-0.25, -0.2) is 18.7 Å². The molecule has 0 spiro atoms. The maximum absolute atomic E-state index is 14.3. The van der Waals surface area contributed by atoms with Crippen molar-refractivity contribution < 1.29 is 8.78 Å². The van der Waals surface area contributed by atoms with Gasteiger partial charge in [0.15, 0.2) is 17.5 Å². The number of hydrogen-bond acceptors (Lipinski definition) is 3. The number of fused-ring (bicyclic) bond motifs is 1. The number of piperidine rings is 1. The van der Waals surface area contributed by atoms with Crippen LogP contribution in [0.2, 0.25) is 0 Å². The zero-order valence-electron chi connectivity index (χ0n) is 15.0. The molecule has 3 nitrogen and oxygen atoms in total. The number of anilines is 1. The van der Waals surface area contributed by atoms with Gasteiger partial charge < -0.3 is 4.90 Å². The first-order valence-electron chi connectivity index (χ1n) is 9.00. The molecule has 4 rings (SSSR count). The lowest BCUT2D eigenvalue weighted by Gasteiger charge is -2.32. The molecule has 1 saturated heterocycles. The second-order valence-electron chi connectivity index (χ2n) is 7.16. The molecule has 0 N–H and O–H groups in total. The van der Waals surface area contributed by atoms with E-state index in [2.05, 4.69) is 21.8 Å². The van der Waals surface area contributed by atoms with E-state index in [1.54, 1.807) is 0 Å². The average Bonchev–Trinajstić information content (AvgIpc) is 2.63. The summed E-state index contributed by atoms with van der Waals surface area (Å²) in [5, 5.41) is 0.950. The van der Waals surface area contributed by atoms with Crippen molar-refractivity contribution in [2.45, 2.75) is 26.7 Å². The molecule has 26 heavy (non-hydrogen) atoms. The van der Waals surface area contributed by atoms with Gasteiger partial charge in [-0.3, -0.25) is 0 Å². The molecule has 3 aromatic rings. The van der Waals surface area contributed by atoms with Crippen LogP contribution in [0.3, 0.4) is 0 Å². The van der Waals surface area contributed by atoms with E-state index in [1.807, 2.05) is 25.1 Å². The molecule has 0 atom stereocenters. The van der Waals surface area contributed by atoms with Crippen LogP contribution >= 0.6 is 0 Å². The van der Waals surface area contributed by atoms with Crippen molar-refractivity contribution in [1.82, 2.24) is 9.97 Å². The van der Waals surface area contributed by atoms with E-state index in [0.717, 1.165) is 54.3 Å². The minimum atomic E-state index is -0.905. The lowest BCUT2D eigenvalue weighted by molar-refractivity contribution is 0.437. The molecule has 0 unspecified atom stereocenters. The highest BCUT2D eigenvalue weighted by Gasteiger charge is 2.22. The van der Waals surface area contributed by atoms with Crippen LogP contribution in [0.15, 0.2) is 36.4 Å². The third kappa shape index (κ3) is 3.02. The van der Waals surface area contributed by atoms with Crippen LogP contribution in [0.1, 0.15) is 25.3 Å². The Balaban J connectivity index is 1.90. The Hall–Kier alpha value is -2.56. The van der Waals surface area contributed by atoms with Gasteiger partial charge in [0.1, 0.15) is 5.82 Å². The minimum absolute atomic E-state index is 0.0973. The summed E-state index contributed by atoms with van der Waals surface area (Å²) >= 11 is 0. The molecule has 1 aliphatic rings. The first kappa shape index (κ1) is 16.9. The first-order valence-corrected chi connectivity index (χ1v) is 9.00. The summed E-state index contributed by atoms with van der Waals surface area (Å²) in [7, 11) is 0. The van der Waals surface area contributed by atoms with Crippen LogP contribution in [0, 0.1) is 24.5 Å². The number of aryl methyl sites for hydroxylation is 1. The fraction of sp³-hybridized carbons (Fsp3) is 0.333. The first-order chi connectivity index (χ1) is 12.5. The number of benzene rings is 2. The topological polar surface area (TPSA) is 29.0 Å². The van der Waals surface area contributed by atoms with E-state index in [4.69, 9.17) is 0 Å². The molecule has 5 heteroatoms. The van der Waals surface area contributed by atoms with Gasteiger partial charge in [-0.05, 0) is 55.5 Å². The average molecular weight is 353 g/mol. The van der Waals surface area contributed by atoms with Crippen LogP contribution < -0.4 is 4.90 Å². The van der Waals surface area contributed by atoms with Gasteiger partial charge in [0.2, 0.25) is 0 Å². The fourth-order valence-corrected chi connectivity index (χ4v) is 3.48. The van der Waals surface area contributed by atoms with Crippen LogP contribution in [-0.2, 0) is 0 Å². The molecular formula is C21H21F2N3. The smallest absolute Gasteiger partial charge is 0.169 e. The normalized spacial score (nSPS) is 15.6. The molecule has 2 heterocycles. The van der Waals surface area contributed by atoms with E-state index in [-0.39, 0.29) is 11.4 Å². The monoisotopic (exact) mass is 353 g/mol. The quantitative estimate of drug-likeness (QED) is 0.640. The van der Waals surface area contributed by atoms with E-state index < -0.39 is 11.6 Å². The summed E-state index contributed by atoms with van der Waals surface area (Å²) in [5.74, 6) is -0.0579. The van der Waals surface area contributed by atoms with Crippen molar-refractivity contribution in [1.29, 1.82) is 0 Å². The van der Waals surface area contributed by atoms with Crippen molar-refractivity contribution in [2.24, 2.45) is 5.92 Å². The summed E-state index contributed by atoms with van der Waals surface area (Å²) in [4.78, 5) is 11.4. The molecule has 2 aromatic carbocycles. The number of rotatable bonds is 2. The largest absolute Gasteiger partial charge is 0.356 e. The highest BCUT2D eigenvalue weighted by Crippen LogP contribution is 2.32. The Morgan fingerprint density at radius 2 is 1.81 bits per heavy atom. The molecule has 0 saturated carbocycles. The van der Waals surface area contributed by atoms with Gasteiger partial charge in [0, 0.05) is 18.5 Å². The van der Waals surface area contributed by atoms with Gasteiger partial charge in [-0.2, -0.15) is 0 Å². The summed E-state index contributed by atoms with van der Waals surface area (Å²) < 4.78 is 28.0. The lowest BCUT2D eigenvalue weighted by atomic mass is 9.99. The molecule has 0 amide bonds. The minimum Gasteiger partial charge on any atom is -0.356 e. The number of nitrogens with zero attached hydrogens (tertiary/aromatic N) is 3. The Bertz CT molecular complexity index is 963. The van der Waals surface area contributed by atoms with Gasteiger partial charge in [-0.1, -0.05) is 19.1 Å². The van der Waals surface area contributed by atoms with E-state index in [9.17, 15) is 8.78 Å². The highest BCUT2D eigenvalue weighted by atomic mass is 19.2. The Morgan fingerprint density at radius 3 is 2.58 bits per heavy atom. The summed E-state index contributed by atoms with van der Waals surface area (Å²) in [6, 6.07) is 10.1. The predicted octanol–water partition coefficient (Wildman–Crippen LogP) is 5.12. The van der Waals surface area contributed by atoms with Crippen molar-refractivity contribution in [3.05, 3.63) is 53.6 Å². The maximum atomic E-state index is 14.3. The number of aromatic nitrogens is 2. The number of hydrogen-bond donors (Lipinski definition) is 0. The van der Waals surface area contributed by atoms with Crippen LogP contribution in [0.25, 0.3) is 22.3 Å². The third-order valence-electron chi connectivity index (χ3n) is 5.11. The van der Waals surface area contributed by atoms with E-state index in [0.29, 0.717) is 5.92 Å². The fourth-order valence-electron chi connectivity index (χ4n) is 3.48. The molecule has 0 radical (unpaired) electrons. The van der Waals surface area contributed by atoms with E-state index >= 15 is 0 Å². The molecule has 1 fully saturated rings. The lowest BCUT2D eigenvalue weighted by Crippen LogP contribution is -2.33. The van der Waals surface area contributed by atoms with Crippen LogP contribution in [0.4, 0.5) is 14.6 Å². The standard InChI is InChI=1S/C21H21F2N3/c1-13-8-10-26(11-9-13)21-15-7-6-14(2)12-18(15)24-20(25-21)16-4-3-5-17(22)19(16)23/h3-7,12-13H,8-11H2,1-2H3. The molecule has 1 aliphatic heterocycles.